The third-order valence-electron chi connectivity index (χ3n) is 3.82. The number of amides is 2. The van der Waals surface area contributed by atoms with Crippen LogP contribution in [0.15, 0.2) is 60.9 Å². The quantitative estimate of drug-likeness (QED) is 0.384. The molecule has 3 aromatic rings. The molecule has 0 aliphatic carbocycles. The molecule has 10 heteroatoms. The Kier molecular flexibility index (Phi) is 6.15. The van der Waals surface area contributed by atoms with Crippen LogP contribution in [0.5, 0.6) is 0 Å². The van der Waals surface area contributed by atoms with Gasteiger partial charge in [0, 0.05) is 0 Å². The smallest absolute Gasteiger partial charge is 0.272 e. The van der Waals surface area contributed by atoms with Crippen molar-refractivity contribution in [1.82, 2.24) is 20.8 Å². The first-order valence-corrected chi connectivity index (χ1v) is 8.54. The summed E-state index contributed by atoms with van der Waals surface area (Å²) < 4.78 is 13.7. The molecule has 0 atom stereocenters. The number of anilines is 3. The third-order valence-corrected chi connectivity index (χ3v) is 3.82. The number of hydrogen-bond donors (Lipinski definition) is 5. The zero-order valence-corrected chi connectivity index (χ0v) is 15.1. The van der Waals surface area contributed by atoms with E-state index in [1.807, 2.05) is 30.3 Å². The van der Waals surface area contributed by atoms with Crippen molar-refractivity contribution in [3.63, 3.8) is 0 Å². The first-order valence-electron chi connectivity index (χ1n) is 8.54. The molecule has 2 amide bonds. The molecular formula is C19H18FN7O2. The summed E-state index contributed by atoms with van der Waals surface area (Å²) >= 11 is 0. The Morgan fingerprint density at radius 3 is 2.21 bits per heavy atom. The summed E-state index contributed by atoms with van der Waals surface area (Å²) in [7, 11) is 0. The summed E-state index contributed by atoms with van der Waals surface area (Å²) in [6.45, 7) is 0. The molecule has 29 heavy (non-hydrogen) atoms. The van der Waals surface area contributed by atoms with Crippen LogP contribution in [0.1, 0.15) is 15.9 Å². The fourth-order valence-corrected chi connectivity index (χ4v) is 2.38. The molecule has 6 N–H and O–H groups in total. The number of nitrogens with two attached hydrogens (primary N) is 1. The predicted octanol–water partition coefficient (Wildman–Crippen LogP) is 1.64. The molecule has 0 saturated carbocycles. The van der Waals surface area contributed by atoms with Crippen LogP contribution in [0.2, 0.25) is 0 Å². The Morgan fingerprint density at radius 1 is 0.897 bits per heavy atom. The number of carbonyl (C=O) groups is 2. The van der Waals surface area contributed by atoms with Crippen molar-refractivity contribution in [2.24, 2.45) is 0 Å². The van der Waals surface area contributed by atoms with Crippen molar-refractivity contribution in [2.45, 2.75) is 6.42 Å². The molecule has 0 aliphatic heterocycles. The summed E-state index contributed by atoms with van der Waals surface area (Å²) in [6, 6.07) is 14.7. The van der Waals surface area contributed by atoms with Crippen molar-refractivity contribution >= 4 is 29.1 Å². The van der Waals surface area contributed by atoms with E-state index in [0.29, 0.717) is 0 Å². The maximum Gasteiger partial charge on any atom is 0.272 e. The number of hydrogen-bond acceptors (Lipinski definition) is 7. The van der Waals surface area contributed by atoms with Crippen molar-refractivity contribution in [3.05, 3.63) is 77.9 Å². The van der Waals surface area contributed by atoms with E-state index in [-0.39, 0.29) is 35.2 Å². The van der Waals surface area contributed by atoms with Gasteiger partial charge in [-0.05, 0) is 17.7 Å². The molecule has 9 nitrogen and oxygen atoms in total. The van der Waals surface area contributed by atoms with Crippen LogP contribution in [0, 0.1) is 5.82 Å². The number of aromatic nitrogens is 2. The van der Waals surface area contributed by atoms with Crippen LogP contribution in [0.3, 0.4) is 0 Å². The van der Waals surface area contributed by atoms with E-state index in [1.165, 1.54) is 30.6 Å². The summed E-state index contributed by atoms with van der Waals surface area (Å²) in [5.41, 5.74) is 16.6. The maximum absolute atomic E-state index is 13.7. The molecule has 0 spiro atoms. The minimum atomic E-state index is -0.702. The molecule has 148 valence electrons. The number of nitrogens with one attached hydrogen (secondary N) is 4. The normalized spacial score (nSPS) is 10.1. The highest BCUT2D eigenvalue weighted by molar-refractivity contribution is 5.95. The van der Waals surface area contributed by atoms with Crippen LogP contribution >= 0.6 is 0 Å². The fraction of sp³-hybridized carbons (Fsp3) is 0.0526. The van der Waals surface area contributed by atoms with Gasteiger partial charge in [0.1, 0.15) is 17.8 Å². The number of benzene rings is 2. The van der Waals surface area contributed by atoms with Crippen LogP contribution < -0.4 is 27.4 Å². The SMILES string of the molecule is Nc1c(NNC(=O)Cc2ccccc2)ncnc1NNC(=O)c1ccccc1F. The molecule has 0 aliphatic rings. The van der Waals surface area contributed by atoms with Crippen molar-refractivity contribution in [1.29, 1.82) is 0 Å². The van der Waals surface area contributed by atoms with E-state index in [1.54, 1.807) is 0 Å². The lowest BCUT2D eigenvalue weighted by Gasteiger charge is -2.14. The van der Waals surface area contributed by atoms with Crippen LogP contribution in [0.4, 0.5) is 21.7 Å². The molecule has 2 aromatic carbocycles. The van der Waals surface area contributed by atoms with E-state index < -0.39 is 11.7 Å². The molecule has 1 heterocycles. The van der Waals surface area contributed by atoms with Crippen LogP contribution in [0.25, 0.3) is 0 Å². The number of halogens is 1. The highest BCUT2D eigenvalue weighted by Crippen LogP contribution is 2.21. The minimum Gasteiger partial charge on any atom is -0.393 e. The zero-order valence-electron chi connectivity index (χ0n) is 15.1. The molecule has 0 bridgehead atoms. The van der Waals surface area contributed by atoms with E-state index >= 15 is 0 Å². The highest BCUT2D eigenvalue weighted by atomic mass is 19.1. The van der Waals surface area contributed by atoms with Gasteiger partial charge in [-0.25, -0.2) is 14.4 Å². The monoisotopic (exact) mass is 395 g/mol. The van der Waals surface area contributed by atoms with E-state index in [4.69, 9.17) is 5.73 Å². The number of carbonyl (C=O) groups excluding carboxylic acids is 2. The predicted molar refractivity (Wildman–Crippen MR) is 106 cm³/mol. The summed E-state index contributed by atoms with van der Waals surface area (Å²) in [6.07, 6.45) is 1.35. The Hall–Kier alpha value is -4.21. The molecule has 0 saturated heterocycles. The summed E-state index contributed by atoms with van der Waals surface area (Å²) in [5, 5.41) is 0. The Morgan fingerprint density at radius 2 is 1.52 bits per heavy atom. The van der Waals surface area contributed by atoms with Gasteiger partial charge in [-0.3, -0.25) is 31.3 Å². The lowest BCUT2D eigenvalue weighted by atomic mass is 10.1. The van der Waals surface area contributed by atoms with Crippen molar-refractivity contribution < 1.29 is 14.0 Å². The van der Waals surface area contributed by atoms with E-state index in [0.717, 1.165) is 5.56 Å². The van der Waals surface area contributed by atoms with Gasteiger partial charge in [0.2, 0.25) is 5.91 Å². The molecule has 0 unspecified atom stereocenters. The third kappa shape index (κ3) is 5.16. The standard InChI is InChI=1S/C19H18FN7O2/c20-14-9-5-4-8-13(14)19(29)27-26-18-16(21)17(22-11-23-18)25-24-15(28)10-12-6-2-1-3-7-12/h1-9,11H,10,21H2,(H,24,28)(H,27,29)(H2,22,23,25,26). The van der Waals surface area contributed by atoms with Crippen molar-refractivity contribution in [3.8, 4) is 0 Å². The van der Waals surface area contributed by atoms with Gasteiger partial charge in [0.15, 0.2) is 11.6 Å². The van der Waals surface area contributed by atoms with Gasteiger partial charge in [-0.1, -0.05) is 42.5 Å². The fourth-order valence-electron chi connectivity index (χ4n) is 2.38. The highest BCUT2D eigenvalue weighted by Gasteiger charge is 2.13. The van der Waals surface area contributed by atoms with Gasteiger partial charge in [0.25, 0.3) is 5.91 Å². The molecule has 1 aromatic heterocycles. The van der Waals surface area contributed by atoms with Gasteiger partial charge in [-0.15, -0.1) is 0 Å². The molecule has 0 radical (unpaired) electrons. The zero-order chi connectivity index (χ0) is 20.6. The summed E-state index contributed by atoms with van der Waals surface area (Å²) in [4.78, 5) is 31.9. The average molecular weight is 395 g/mol. The van der Waals surface area contributed by atoms with Crippen molar-refractivity contribution in [2.75, 3.05) is 16.6 Å². The number of nitrogens with zero attached hydrogens (tertiary/aromatic N) is 2. The minimum absolute atomic E-state index is 0.0429. The maximum atomic E-state index is 13.7. The van der Waals surface area contributed by atoms with Gasteiger partial charge < -0.3 is 5.73 Å². The Bertz CT molecular complexity index is 1010. The Balaban J connectivity index is 1.58. The number of hydrazine groups is 2. The number of rotatable bonds is 7. The van der Waals surface area contributed by atoms with E-state index in [2.05, 4.69) is 31.7 Å². The van der Waals surface area contributed by atoms with Crippen LogP contribution in [-0.2, 0) is 11.2 Å². The second-order valence-electron chi connectivity index (χ2n) is 5.88. The van der Waals surface area contributed by atoms with Gasteiger partial charge >= 0.3 is 0 Å². The van der Waals surface area contributed by atoms with Crippen LogP contribution in [-0.4, -0.2) is 21.8 Å². The average Bonchev–Trinajstić information content (AvgIpc) is 2.73. The topological polar surface area (TPSA) is 134 Å². The lowest BCUT2D eigenvalue weighted by Crippen LogP contribution is -2.33. The van der Waals surface area contributed by atoms with E-state index in [9.17, 15) is 14.0 Å². The van der Waals surface area contributed by atoms with Gasteiger partial charge in [-0.2, -0.15) is 0 Å². The first-order chi connectivity index (χ1) is 14.0. The van der Waals surface area contributed by atoms with Gasteiger partial charge in [0.05, 0.1) is 12.0 Å². The molecule has 3 rings (SSSR count). The Labute approximate surface area is 165 Å². The number of nitrogen functional groups attached to an aromatic ring is 1. The molecule has 0 fully saturated rings. The summed E-state index contributed by atoms with van der Waals surface area (Å²) in [5.74, 6) is -1.46. The first kappa shape index (κ1) is 19.5. The lowest BCUT2D eigenvalue weighted by molar-refractivity contribution is -0.119. The second kappa shape index (κ2) is 9.13. The second-order valence-corrected chi connectivity index (χ2v) is 5.88. The largest absolute Gasteiger partial charge is 0.393 e. The molecular weight excluding hydrogens is 377 g/mol.